The number of anilines is 1. The number of rotatable bonds is 4. The van der Waals surface area contributed by atoms with Crippen LogP contribution in [0, 0.1) is 12.7 Å². The van der Waals surface area contributed by atoms with Gasteiger partial charge in [-0.3, -0.25) is 4.90 Å². The standard InChI is InChI=1S/C21H20FN5O2/c1-14-6-7-15(12-16(14)22)20-24-19(29-25-20)13-26-8-10-27(11-9-26)21-23-17-4-2-3-5-18(17)28-21/h2-7,12H,8-11,13H2,1H3. The molecule has 4 aromatic rings. The van der Waals surface area contributed by atoms with Gasteiger partial charge in [-0.2, -0.15) is 9.97 Å². The summed E-state index contributed by atoms with van der Waals surface area (Å²) in [6.45, 7) is 5.54. The number of halogens is 1. The van der Waals surface area contributed by atoms with E-state index in [9.17, 15) is 4.39 Å². The van der Waals surface area contributed by atoms with Gasteiger partial charge in [0.15, 0.2) is 5.58 Å². The lowest BCUT2D eigenvalue weighted by atomic mass is 10.1. The quantitative estimate of drug-likeness (QED) is 0.524. The van der Waals surface area contributed by atoms with Crippen molar-refractivity contribution >= 4 is 17.1 Å². The van der Waals surface area contributed by atoms with Gasteiger partial charge < -0.3 is 13.8 Å². The number of benzene rings is 2. The molecule has 1 aliphatic rings. The monoisotopic (exact) mass is 393 g/mol. The second-order valence-corrected chi connectivity index (χ2v) is 7.20. The number of aromatic nitrogens is 3. The summed E-state index contributed by atoms with van der Waals surface area (Å²) in [4.78, 5) is 13.4. The Balaban J connectivity index is 1.22. The van der Waals surface area contributed by atoms with Gasteiger partial charge in [0.1, 0.15) is 11.3 Å². The molecule has 3 heterocycles. The van der Waals surface area contributed by atoms with Crippen LogP contribution in [0.3, 0.4) is 0 Å². The summed E-state index contributed by atoms with van der Waals surface area (Å²) in [6.07, 6.45) is 0. The zero-order chi connectivity index (χ0) is 19.8. The molecule has 0 saturated carbocycles. The molecule has 148 valence electrons. The number of fused-ring (bicyclic) bond motifs is 1. The summed E-state index contributed by atoms with van der Waals surface area (Å²) in [6, 6.07) is 13.4. The van der Waals surface area contributed by atoms with Crippen LogP contribution in [0.4, 0.5) is 10.4 Å². The number of aryl methyl sites for hydroxylation is 1. The summed E-state index contributed by atoms with van der Waals surface area (Å²) in [5, 5.41) is 3.99. The first-order valence-electron chi connectivity index (χ1n) is 9.58. The van der Waals surface area contributed by atoms with Gasteiger partial charge in [0.05, 0.1) is 6.54 Å². The molecule has 0 aliphatic carbocycles. The second kappa shape index (κ2) is 7.29. The molecule has 8 heteroatoms. The Kier molecular flexibility index (Phi) is 4.48. The number of nitrogens with zero attached hydrogens (tertiary/aromatic N) is 5. The van der Waals surface area contributed by atoms with Crippen molar-refractivity contribution in [2.24, 2.45) is 0 Å². The predicted octanol–water partition coefficient (Wildman–Crippen LogP) is 3.65. The van der Waals surface area contributed by atoms with E-state index < -0.39 is 0 Å². The molecular weight excluding hydrogens is 373 g/mol. The van der Waals surface area contributed by atoms with Gasteiger partial charge in [-0.25, -0.2) is 4.39 Å². The van der Waals surface area contributed by atoms with Gasteiger partial charge in [0, 0.05) is 31.7 Å². The fourth-order valence-electron chi connectivity index (χ4n) is 3.45. The lowest BCUT2D eigenvalue weighted by molar-refractivity contribution is 0.213. The molecule has 1 aliphatic heterocycles. The molecule has 5 rings (SSSR count). The van der Waals surface area contributed by atoms with E-state index in [1.165, 1.54) is 6.07 Å². The highest BCUT2D eigenvalue weighted by atomic mass is 19.1. The van der Waals surface area contributed by atoms with Crippen LogP contribution in [0.5, 0.6) is 0 Å². The predicted molar refractivity (Wildman–Crippen MR) is 106 cm³/mol. The van der Waals surface area contributed by atoms with E-state index >= 15 is 0 Å². The first-order valence-corrected chi connectivity index (χ1v) is 9.58. The summed E-state index contributed by atoms with van der Waals surface area (Å²) in [5.74, 6) is 0.657. The third-order valence-corrected chi connectivity index (χ3v) is 5.18. The fraction of sp³-hybridized carbons (Fsp3) is 0.286. The molecule has 0 N–H and O–H groups in total. The van der Waals surface area contributed by atoms with Gasteiger partial charge in [-0.05, 0) is 30.7 Å². The third kappa shape index (κ3) is 3.58. The zero-order valence-electron chi connectivity index (χ0n) is 16.0. The second-order valence-electron chi connectivity index (χ2n) is 7.20. The van der Waals surface area contributed by atoms with Crippen molar-refractivity contribution < 1.29 is 13.3 Å². The summed E-state index contributed by atoms with van der Waals surface area (Å²) in [5.41, 5.74) is 2.88. The largest absolute Gasteiger partial charge is 0.423 e. The van der Waals surface area contributed by atoms with Gasteiger partial charge in [0.25, 0.3) is 6.01 Å². The van der Waals surface area contributed by atoms with Crippen LogP contribution in [0.25, 0.3) is 22.5 Å². The number of oxazole rings is 1. The molecule has 0 bridgehead atoms. The van der Waals surface area contributed by atoms with Crippen LogP contribution >= 0.6 is 0 Å². The maximum Gasteiger partial charge on any atom is 0.298 e. The van der Waals surface area contributed by atoms with Crippen molar-refractivity contribution in [3.05, 3.63) is 59.7 Å². The van der Waals surface area contributed by atoms with E-state index in [2.05, 4.69) is 24.9 Å². The Morgan fingerprint density at radius 1 is 1.03 bits per heavy atom. The molecule has 0 atom stereocenters. The van der Waals surface area contributed by atoms with Crippen molar-refractivity contribution in [1.29, 1.82) is 0 Å². The zero-order valence-corrected chi connectivity index (χ0v) is 16.0. The minimum atomic E-state index is -0.274. The van der Waals surface area contributed by atoms with Crippen LogP contribution in [-0.2, 0) is 6.54 Å². The molecule has 2 aromatic heterocycles. The highest BCUT2D eigenvalue weighted by molar-refractivity contribution is 5.74. The van der Waals surface area contributed by atoms with Crippen LogP contribution in [0.1, 0.15) is 11.5 Å². The van der Waals surface area contributed by atoms with Crippen molar-refractivity contribution in [3.63, 3.8) is 0 Å². The van der Waals surface area contributed by atoms with Gasteiger partial charge in [-0.1, -0.05) is 29.4 Å². The van der Waals surface area contributed by atoms with Crippen LogP contribution in [0.15, 0.2) is 51.4 Å². The normalized spacial score (nSPS) is 15.3. The highest BCUT2D eigenvalue weighted by Gasteiger charge is 2.22. The highest BCUT2D eigenvalue weighted by Crippen LogP contribution is 2.23. The average Bonchev–Trinajstić information content (AvgIpc) is 3.38. The maximum atomic E-state index is 13.8. The van der Waals surface area contributed by atoms with Gasteiger partial charge in [0.2, 0.25) is 11.7 Å². The molecule has 1 fully saturated rings. The van der Waals surface area contributed by atoms with Crippen molar-refractivity contribution in [2.75, 3.05) is 31.1 Å². The average molecular weight is 393 g/mol. The van der Waals surface area contributed by atoms with E-state index in [-0.39, 0.29) is 5.82 Å². The van der Waals surface area contributed by atoms with E-state index in [1.807, 2.05) is 24.3 Å². The van der Waals surface area contributed by atoms with Crippen molar-refractivity contribution in [3.8, 4) is 11.4 Å². The van der Waals surface area contributed by atoms with Crippen LogP contribution in [0.2, 0.25) is 0 Å². The van der Waals surface area contributed by atoms with Crippen LogP contribution < -0.4 is 4.90 Å². The molecular formula is C21H20FN5O2. The van der Waals surface area contributed by atoms with Crippen LogP contribution in [-0.4, -0.2) is 46.2 Å². The smallest absolute Gasteiger partial charge is 0.298 e. The Hall–Kier alpha value is -3.26. The van der Waals surface area contributed by atoms with Crippen molar-refractivity contribution in [1.82, 2.24) is 20.0 Å². The molecule has 0 spiro atoms. The molecule has 7 nitrogen and oxygen atoms in total. The third-order valence-electron chi connectivity index (χ3n) is 5.18. The lowest BCUT2D eigenvalue weighted by Crippen LogP contribution is -2.46. The topological polar surface area (TPSA) is 71.4 Å². The van der Waals surface area contributed by atoms with E-state index in [4.69, 9.17) is 8.94 Å². The SMILES string of the molecule is Cc1ccc(-c2noc(CN3CCN(c4nc5ccccc5o4)CC3)n2)cc1F. The number of para-hydroxylation sites is 2. The maximum absolute atomic E-state index is 13.8. The minimum absolute atomic E-state index is 0.274. The molecule has 1 saturated heterocycles. The van der Waals surface area contributed by atoms with Crippen molar-refractivity contribution in [2.45, 2.75) is 13.5 Å². The van der Waals surface area contributed by atoms with E-state index in [0.29, 0.717) is 35.4 Å². The number of hydrogen-bond acceptors (Lipinski definition) is 7. The Morgan fingerprint density at radius 2 is 1.86 bits per heavy atom. The minimum Gasteiger partial charge on any atom is -0.423 e. The number of piperazine rings is 1. The Labute approximate surface area is 166 Å². The first-order chi connectivity index (χ1) is 14.2. The summed E-state index contributed by atoms with van der Waals surface area (Å²) in [7, 11) is 0. The summed E-state index contributed by atoms with van der Waals surface area (Å²) < 4.78 is 25.0. The molecule has 29 heavy (non-hydrogen) atoms. The number of hydrogen-bond donors (Lipinski definition) is 0. The lowest BCUT2D eigenvalue weighted by Gasteiger charge is -2.32. The van der Waals surface area contributed by atoms with Gasteiger partial charge >= 0.3 is 0 Å². The summed E-state index contributed by atoms with van der Waals surface area (Å²) >= 11 is 0. The van der Waals surface area contributed by atoms with E-state index in [1.54, 1.807) is 19.1 Å². The molecule has 0 unspecified atom stereocenters. The molecule has 2 aromatic carbocycles. The fourth-order valence-corrected chi connectivity index (χ4v) is 3.45. The van der Waals surface area contributed by atoms with Gasteiger partial charge in [-0.15, -0.1) is 0 Å². The first kappa shape index (κ1) is 17.8. The van der Waals surface area contributed by atoms with E-state index in [0.717, 1.165) is 37.3 Å². The molecule has 0 radical (unpaired) electrons. The Morgan fingerprint density at radius 3 is 2.66 bits per heavy atom. The molecule has 0 amide bonds. The Bertz CT molecular complexity index is 1110.